The van der Waals surface area contributed by atoms with E-state index in [0.29, 0.717) is 12.2 Å². The Bertz CT molecular complexity index is 759. The molecule has 5 nitrogen and oxygen atoms in total. The second-order valence-corrected chi connectivity index (χ2v) is 7.22. The second-order valence-electron chi connectivity index (χ2n) is 7.22. The zero-order valence-corrected chi connectivity index (χ0v) is 16.3. The monoisotopic (exact) mass is 364 g/mol. The summed E-state index contributed by atoms with van der Waals surface area (Å²) in [6, 6.07) is 18.5. The minimum atomic E-state index is 0.708. The molecule has 1 saturated heterocycles. The summed E-state index contributed by atoms with van der Waals surface area (Å²) in [7, 11) is 4.11. The predicted octanol–water partition coefficient (Wildman–Crippen LogP) is 2.82. The molecule has 0 spiro atoms. The Balaban J connectivity index is 1.49. The normalized spacial score (nSPS) is 15.0. The average Bonchev–Trinajstić information content (AvgIpc) is 2.69. The fourth-order valence-corrected chi connectivity index (χ4v) is 3.25. The summed E-state index contributed by atoms with van der Waals surface area (Å²) in [6.07, 6.45) is 0. The molecule has 27 heavy (non-hydrogen) atoms. The zero-order chi connectivity index (χ0) is 19.1. The molecule has 0 aromatic heterocycles. The fraction of sp³-hybridized carbons (Fsp3) is 0.409. The summed E-state index contributed by atoms with van der Waals surface area (Å²) in [6.45, 7) is 6.65. The summed E-state index contributed by atoms with van der Waals surface area (Å²) in [4.78, 5) is 6.99. The Morgan fingerprint density at radius 2 is 1.78 bits per heavy atom. The van der Waals surface area contributed by atoms with Crippen molar-refractivity contribution in [1.82, 2.24) is 9.80 Å². The number of likely N-dealkylation sites (N-methyl/N-ethyl adjacent to an activating group) is 1. The van der Waals surface area contributed by atoms with Gasteiger partial charge in [-0.25, -0.2) is 0 Å². The van der Waals surface area contributed by atoms with E-state index in [1.165, 1.54) is 11.3 Å². The van der Waals surface area contributed by atoms with E-state index >= 15 is 0 Å². The van der Waals surface area contributed by atoms with E-state index in [9.17, 15) is 0 Å². The Morgan fingerprint density at radius 1 is 1.04 bits per heavy atom. The summed E-state index contributed by atoms with van der Waals surface area (Å²) >= 11 is 0. The van der Waals surface area contributed by atoms with Gasteiger partial charge in [-0.3, -0.25) is 4.90 Å². The number of benzene rings is 2. The van der Waals surface area contributed by atoms with Crippen molar-refractivity contribution in [1.29, 1.82) is 5.26 Å². The Kier molecular flexibility index (Phi) is 6.69. The summed E-state index contributed by atoms with van der Waals surface area (Å²) < 4.78 is 5.85. The van der Waals surface area contributed by atoms with Gasteiger partial charge >= 0.3 is 0 Å². The van der Waals surface area contributed by atoms with E-state index in [4.69, 9.17) is 10.00 Å². The molecular weight excluding hydrogens is 336 g/mol. The van der Waals surface area contributed by atoms with Crippen molar-refractivity contribution >= 4 is 5.69 Å². The van der Waals surface area contributed by atoms with Gasteiger partial charge in [-0.15, -0.1) is 0 Å². The maximum atomic E-state index is 8.92. The van der Waals surface area contributed by atoms with Crippen molar-refractivity contribution in [3.05, 3.63) is 59.7 Å². The highest BCUT2D eigenvalue weighted by molar-refractivity contribution is 5.50. The quantitative estimate of drug-likeness (QED) is 0.756. The van der Waals surface area contributed by atoms with Gasteiger partial charge in [0.1, 0.15) is 12.4 Å². The van der Waals surface area contributed by atoms with Crippen LogP contribution in [0.15, 0.2) is 48.5 Å². The highest BCUT2D eigenvalue weighted by Gasteiger charge is 2.17. The first-order valence-corrected chi connectivity index (χ1v) is 9.48. The van der Waals surface area contributed by atoms with Crippen LogP contribution in [0.1, 0.15) is 11.1 Å². The minimum Gasteiger partial charge on any atom is -0.492 e. The molecule has 0 radical (unpaired) electrons. The number of nitriles is 1. The molecule has 0 unspecified atom stereocenters. The van der Waals surface area contributed by atoms with Crippen molar-refractivity contribution in [3.8, 4) is 11.8 Å². The van der Waals surface area contributed by atoms with Crippen molar-refractivity contribution in [2.75, 3.05) is 58.3 Å². The van der Waals surface area contributed by atoms with Crippen molar-refractivity contribution in [3.63, 3.8) is 0 Å². The third kappa shape index (κ3) is 5.72. The lowest BCUT2D eigenvalue weighted by molar-refractivity contribution is 0.247. The first-order valence-electron chi connectivity index (χ1n) is 9.48. The lowest BCUT2D eigenvalue weighted by atomic mass is 10.1. The molecule has 0 atom stereocenters. The van der Waals surface area contributed by atoms with E-state index in [2.05, 4.69) is 53.1 Å². The van der Waals surface area contributed by atoms with Crippen LogP contribution in [0.3, 0.4) is 0 Å². The van der Waals surface area contributed by atoms with Crippen LogP contribution >= 0.6 is 0 Å². The first kappa shape index (κ1) is 19.2. The van der Waals surface area contributed by atoms with Crippen molar-refractivity contribution in [2.24, 2.45) is 0 Å². The molecule has 1 aliphatic heterocycles. The van der Waals surface area contributed by atoms with Gasteiger partial charge in [0.05, 0.1) is 11.6 Å². The molecule has 2 aromatic rings. The van der Waals surface area contributed by atoms with E-state index in [1.54, 1.807) is 0 Å². The standard InChI is InChI=1S/C22H28N4O/c1-24(2)14-15-27-22-5-3-4-20(16-22)18-25-10-12-26(13-11-25)21-8-6-19(17-23)7-9-21/h3-9,16H,10-15,18H2,1-2H3. The van der Waals surface area contributed by atoms with Crippen LogP contribution in [0, 0.1) is 11.3 Å². The molecule has 0 saturated carbocycles. The van der Waals surface area contributed by atoms with E-state index < -0.39 is 0 Å². The van der Waals surface area contributed by atoms with Gasteiger partial charge in [-0.05, 0) is 56.1 Å². The van der Waals surface area contributed by atoms with Crippen LogP contribution in [0.4, 0.5) is 5.69 Å². The molecule has 0 bridgehead atoms. The van der Waals surface area contributed by atoms with Crippen LogP contribution in [0.5, 0.6) is 5.75 Å². The molecule has 0 amide bonds. The van der Waals surface area contributed by atoms with Crippen LogP contribution < -0.4 is 9.64 Å². The highest BCUT2D eigenvalue weighted by atomic mass is 16.5. The van der Waals surface area contributed by atoms with Crippen molar-refractivity contribution in [2.45, 2.75) is 6.54 Å². The number of piperazine rings is 1. The largest absolute Gasteiger partial charge is 0.492 e. The average molecular weight is 364 g/mol. The number of hydrogen-bond acceptors (Lipinski definition) is 5. The second kappa shape index (κ2) is 9.40. The smallest absolute Gasteiger partial charge is 0.119 e. The Morgan fingerprint density at radius 3 is 2.44 bits per heavy atom. The van der Waals surface area contributed by atoms with Crippen LogP contribution in [0.25, 0.3) is 0 Å². The van der Waals surface area contributed by atoms with Crippen LogP contribution in [-0.2, 0) is 6.54 Å². The fourth-order valence-electron chi connectivity index (χ4n) is 3.25. The number of hydrogen-bond donors (Lipinski definition) is 0. The van der Waals surface area contributed by atoms with Gasteiger partial charge in [-0.2, -0.15) is 5.26 Å². The molecular formula is C22H28N4O. The molecule has 0 aliphatic carbocycles. The lowest BCUT2D eigenvalue weighted by Crippen LogP contribution is -2.45. The third-order valence-corrected chi connectivity index (χ3v) is 4.85. The summed E-state index contributed by atoms with van der Waals surface area (Å²) in [5.41, 5.74) is 3.21. The first-order chi connectivity index (χ1) is 13.1. The third-order valence-electron chi connectivity index (χ3n) is 4.85. The molecule has 3 rings (SSSR count). The predicted molar refractivity (Wildman–Crippen MR) is 109 cm³/mol. The van der Waals surface area contributed by atoms with Gasteiger partial charge in [-0.1, -0.05) is 12.1 Å². The summed E-state index contributed by atoms with van der Waals surface area (Å²) in [5, 5.41) is 8.92. The SMILES string of the molecule is CN(C)CCOc1cccc(CN2CCN(c3ccc(C#N)cc3)CC2)c1. The van der Waals surface area contributed by atoms with E-state index in [1.807, 2.05) is 30.3 Å². The van der Waals surface area contributed by atoms with Gasteiger partial charge in [0.15, 0.2) is 0 Å². The topological polar surface area (TPSA) is 42.7 Å². The van der Waals surface area contributed by atoms with Gasteiger partial charge in [0, 0.05) is 45.0 Å². The molecule has 142 valence electrons. The molecule has 2 aromatic carbocycles. The summed E-state index contributed by atoms with van der Waals surface area (Å²) in [5.74, 6) is 0.950. The zero-order valence-electron chi connectivity index (χ0n) is 16.3. The molecule has 5 heteroatoms. The van der Waals surface area contributed by atoms with Gasteiger partial charge < -0.3 is 14.5 Å². The maximum Gasteiger partial charge on any atom is 0.119 e. The van der Waals surface area contributed by atoms with Gasteiger partial charge in [0.25, 0.3) is 0 Å². The van der Waals surface area contributed by atoms with Crippen LogP contribution in [0.2, 0.25) is 0 Å². The van der Waals surface area contributed by atoms with E-state index in [0.717, 1.165) is 45.0 Å². The minimum absolute atomic E-state index is 0.708. The number of anilines is 1. The Labute approximate surface area is 162 Å². The maximum absolute atomic E-state index is 8.92. The van der Waals surface area contributed by atoms with Crippen molar-refractivity contribution < 1.29 is 4.74 Å². The van der Waals surface area contributed by atoms with Gasteiger partial charge in [0.2, 0.25) is 0 Å². The highest BCUT2D eigenvalue weighted by Crippen LogP contribution is 2.19. The molecule has 1 aliphatic rings. The number of rotatable bonds is 7. The Hall–Kier alpha value is -2.55. The van der Waals surface area contributed by atoms with Crippen LogP contribution in [-0.4, -0.2) is 63.2 Å². The molecule has 0 N–H and O–H groups in total. The number of ether oxygens (including phenoxy) is 1. The molecule has 1 fully saturated rings. The number of nitrogens with zero attached hydrogens (tertiary/aromatic N) is 4. The lowest BCUT2D eigenvalue weighted by Gasteiger charge is -2.36. The van der Waals surface area contributed by atoms with E-state index in [-0.39, 0.29) is 0 Å². The molecule has 1 heterocycles.